The molecule has 6 nitrogen and oxygen atoms in total. The molecule has 8 heteroatoms. The molecule has 0 aliphatic heterocycles. The zero-order chi connectivity index (χ0) is 18.3. The van der Waals surface area contributed by atoms with Gasteiger partial charge in [-0.05, 0) is 29.3 Å². The van der Waals surface area contributed by atoms with E-state index in [4.69, 9.17) is 21.6 Å². The molecule has 0 spiro atoms. The summed E-state index contributed by atoms with van der Waals surface area (Å²) >= 11 is 5.96. The molecule has 0 atom stereocenters. The van der Waals surface area contributed by atoms with E-state index in [0.717, 1.165) is 0 Å². The number of nitrogens with one attached hydrogen (secondary N) is 1. The second-order valence-electron chi connectivity index (χ2n) is 5.18. The molecule has 0 aromatic heterocycles. The van der Waals surface area contributed by atoms with E-state index in [1.807, 2.05) is 10.8 Å². The smallest absolute Gasteiger partial charge is 0.259 e. The highest BCUT2D eigenvalue weighted by Gasteiger charge is 2.15. The van der Waals surface area contributed by atoms with Crippen LogP contribution in [0.15, 0.2) is 48.5 Å². The van der Waals surface area contributed by atoms with Crippen molar-refractivity contribution < 1.29 is 17.9 Å². The van der Waals surface area contributed by atoms with Gasteiger partial charge in [-0.15, -0.1) is 0 Å². The zero-order valence-electron chi connectivity index (χ0n) is 13.1. The first-order valence-corrected chi connectivity index (χ1v) is 9.26. The van der Waals surface area contributed by atoms with Crippen LogP contribution in [0.2, 0.25) is 5.02 Å². The second-order valence-corrected chi connectivity index (χ2v) is 7.31. The lowest BCUT2D eigenvalue weighted by atomic mass is 10.2. The molecule has 1 amide bonds. The number of hydrogen-bond acceptors (Lipinski definition) is 5. The van der Waals surface area contributed by atoms with Crippen LogP contribution in [0.3, 0.4) is 0 Å². The van der Waals surface area contributed by atoms with Gasteiger partial charge >= 0.3 is 0 Å². The first-order valence-electron chi connectivity index (χ1n) is 7.23. The first-order chi connectivity index (χ1) is 11.9. The predicted molar refractivity (Wildman–Crippen MR) is 93.0 cm³/mol. The summed E-state index contributed by atoms with van der Waals surface area (Å²) in [6, 6.07) is 15.0. The number of halogens is 1. The third-order valence-electron chi connectivity index (χ3n) is 3.16. The van der Waals surface area contributed by atoms with E-state index < -0.39 is 22.5 Å². The molecule has 2 aromatic carbocycles. The van der Waals surface area contributed by atoms with Crippen LogP contribution in [0.5, 0.6) is 0 Å². The van der Waals surface area contributed by atoms with E-state index >= 15 is 0 Å². The highest BCUT2D eigenvalue weighted by atomic mass is 35.5. The van der Waals surface area contributed by atoms with Gasteiger partial charge in [0, 0.05) is 5.02 Å². The fourth-order valence-corrected chi connectivity index (χ4v) is 3.30. The van der Waals surface area contributed by atoms with Gasteiger partial charge in [0.15, 0.2) is 0 Å². The second kappa shape index (κ2) is 8.62. The van der Waals surface area contributed by atoms with Gasteiger partial charge < -0.3 is 4.74 Å². The number of ether oxygens (including phenoxy) is 1. The fourth-order valence-electron chi connectivity index (χ4n) is 2.00. The Labute approximate surface area is 151 Å². The molecule has 130 valence electrons. The molecule has 0 aliphatic carbocycles. The van der Waals surface area contributed by atoms with Gasteiger partial charge in [0.05, 0.1) is 24.0 Å². The lowest BCUT2D eigenvalue weighted by Gasteiger charge is -2.08. The Morgan fingerprint density at radius 1 is 1.16 bits per heavy atom. The largest absolute Gasteiger partial charge is 0.367 e. The van der Waals surface area contributed by atoms with E-state index in [1.54, 1.807) is 24.3 Å². The van der Waals surface area contributed by atoms with Crippen LogP contribution in [0.25, 0.3) is 0 Å². The molecule has 0 saturated heterocycles. The lowest BCUT2D eigenvalue weighted by molar-refractivity contribution is -0.124. The van der Waals surface area contributed by atoms with Crippen molar-refractivity contribution in [3.05, 3.63) is 70.2 Å². The summed E-state index contributed by atoms with van der Waals surface area (Å²) in [5.41, 5.74) is 1.60. The van der Waals surface area contributed by atoms with Crippen molar-refractivity contribution in [3.63, 3.8) is 0 Å². The van der Waals surface area contributed by atoms with Crippen LogP contribution in [-0.2, 0) is 31.9 Å². The van der Waals surface area contributed by atoms with Crippen molar-refractivity contribution >= 4 is 27.5 Å². The quantitative estimate of drug-likeness (QED) is 0.797. The van der Waals surface area contributed by atoms with Crippen LogP contribution in [0.4, 0.5) is 0 Å². The molecule has 0 heterocycles. The van der Waals surface area contributed by atoms with Gasteiger partial charge in [0.1, 0.15) is 6.61 Å². The number of rotatable bonds is 7. The maximum Gasteiger partial charge on any atom is 0.259 e. The Morgan fingerprint density at radius 3 is 2.48 bits per heavy atom. The summed E-state index contributed by atoms with van der Waals surface area (Å²) in [5.74, 6) is -1.13. The van der Waals surface area contributed by atoms with E-state index in [0.29, 0.717) is 21.7 Å². The van der Waals surface area contributed by atoms with Crippen LogP contribution in [0.1, 0.15) is 16.7 Å². The summed E-state index contributed by atoms with van der Waals surface area (Å²) in [6.07, 6.45) is 0. The van der Waals surface area contributed by atoms with Crippen molar-refractivity contribution in [2.24, 2.45) is 0 Å². The number of carbonyl (C=O) groups is 1. The molecular weight excluding hydrogens is 364 g/mol. The Bertz CT molecular complexity index is 890. The van der Waals surface area contributed by atoms with Crippen molar-refractivity contribution in [3.8, 4) is 6.07 Å². The molecule has 1 N–H and O–H groups in total. The minimum atomic E-state index is -3.85. The van der Waals surface area contributed by atoms with E-state index in [1.165, 1.54) is 24.3 Å². The number of amides is 1. The lowest BCUT2D eigenvalue weighted by Crippen LogP contribution is -2.34. The SMILES string of the molecule is N#Cc1ccc(CS(=O)(=O)NC(=O)COCc2ccccc2Cl)cc1. The van der Waals surface area contributed by atoms with Crippen LogP contribution in [-0.4, -0.2) is 20.9 Å². The maximum absolute atomic E-state index is 12.0. The van der Waals surface area contributed by atoms with Crippen molar-refractivity contribution in [2.75, 3.05) is 6.61 Å². The van der Waals surface area contributed by atoms with Gasteiger partial charge in [-0.2, -0.15) is 5.26 Å². The molecule has 0 fully saturated rings. The van der Waals surface area contributed by atoms with Crippen molar-refractivity contribution in [2.45, 2.75) is 12.4 Å². The molecule has 0 bridgehead atoms. The average Bonchev–Trinajstić information content (AvgIpc) is 2.56. The number of carbonyl (C=O) groups excluding carboxylic acids is 1. The number of nitriles is 1. The van der Waals surface area contributed by atoms with Gasteiger partial charge in [-0.25, -0.2) is 8.42 Å². The van der Waals surface area contributed by atoms with Crippen molar-refractivity contribution in [1.82, 2.24) is 4.72 Å². The summed E-state index contributed by atoms with van der Waals surface area (Å²) < 4.78 is 31.1. The Kier molecular flexibility index (Phi) is 6.53. The maximum atomic E-state index is 12.0. The van der Waals surface area contributed by atoms with E-state index in [-0.39, 0.29) is 12.4 Å². The Morgan fingerprint density at radius 2 is 1.84 bits per heavy atom. The topological polar surface area (TPSA) is 96.3 Å². The minimum absolute atomic E-state index is 0.1000. The first kappa shape index (κ1) is 18.9. The standard InChI is InChI=1S/C17H15ClN2O4S/c18-16-4-2-1-3-15(16)10-24-11-17(21)20-25(22,23)12-14-7-5-13(9-19)6-8-14/h1-8H,10-12H2,(H,20,21). The van der Waals surface area contributed by atoms with E-state index in [2.05, 4.69) is 0 Å². The van der Waals surface area contributed by atoms with Gasteiger partial charge in [0.25, 0.3) is 5.91 Å². The number of hydrogen-bond donors (Lipinski definition) is 1. The molecular formula is C17H15ClN2O4S. The van der Waals surface area contributed by atoms with Crippen LogP contribution in [0, 0.1) is 11.3 Å². The summed E-state index contributed by atoms with van der Waals surface area (Å²) in [5, 5.41) is 9.23. The minimum Gasteiger partial charge on any atom is -0.367 e. The van der Waals surface area contributed by atoms with Crippen LogP contribution < -0.4 is 4.72 Å². The number of sulfonamides is 1. The molecule has 2 rings (SSSR count). The number of nitrogens with zero attached hydrogens (tertiary/aromatic N) is 1. The molecule has 0 aliphatic rings. The number of benzene rings is 2. The Balaban J connectivity index is 1.84. The third kappa shape index (κ3) is 6.19. The average molecular weight is 379 g/mol. The monoisotopic (exact) mass is 378 g/mol. The zero-order valence-corrected chi connectivity index (χ0v) is 14.7. The fraction of sp³-hybridized carbons (Fsp3) is 0.176. The predicted octanol–water partition coefficient (Wildman–Crippen LogP) is 2.37. The summed E-state index contributed by atoms with van der Waals surface area (Å²) in [7, 11) is -3.85. The highest BCUT2D eigenvalue weighted by molar-refractivity contribution is 7.89. The highest BCUT2D eigenvalue weighted by Crippen LogP contribution is 2.15. The molecule has 2 aromatic rings. The molecule has 0 saturated carbocycles. The summed E-state index contributed by atoms with van der Waals surface area (Å²) in [6.45, 7) is -0.305. The van der Waals surface area contributed by atoms with Gasteiger partial charge in [0.2, 0.25) is 10.0 Å². The normalized spacial score (nSPS) is 10.9. The summed E-state index contributed by atoms with van der Waals surface area (Å²) in [4.78, 5) is 11.7. The Hall–Kier alpha value is -2.40. The third-order valence-corrected chi connectivity index (χ3v) is 4.78. The molecule has 0 unspecified atom stereocenters. The van der Waals surface area contributed by atoms with Crippen LogP contribution >= 0.6 is 11.6 Å². The van der Waals surface area contributed by atoms with Gasteiger partial charge in [-0.1, -0.05) is 41.9 Å². The molecule has 25 heavy (non-hydrogen) atoms. The van der Waals surface area contributed by atoms with Gasteiger partial charge in [-0.3, -0.25) is 9.52 Å². The molecule has 0 radical (unpaired) electrons. The van der Waals surface area contributed by atoms with E-state index in [9.17, 15) is 13.2 Å². The van der Waals surface area contributed by atoms with Crippen molar-refractivity contribution in [1.29, 1.82) is 5.26 Å².